The standard InChI is InChI=1S/C8H9N3O/c9-4-7-11-6-3-1-2-5(10)8(6)12-7/h1-3H,4,9-10H2. The molecule has 0 saturated carbocycles. The van der Waals surface area contributed by atoms with E-state index in [0.717, 1.165) is 5.52 Å². The first-order valence-electron chi connectivity index (χ1n) is 3.65. The topological polar surface area (TPSA) is 78.1 Å². The fourth-order valence-corrected chi connectivity index (χ4v) is 1.10. The molecule has 0 saturated heterocycles. The molecule has 62 valence electrons. The van der Waals surface area contributed by atoms with Gasteiger partial charge in [-0.15, -0.1) is 0 Å². The van der Waals surface area contributed by atoms with Gasteiger partial charge in [0.1, 0.15) is 5.52 Å². The Morgan fingerprint density at radius 3 is 2.92 bits per heavy atom. The van der Waals surface area contributed by atoms with Gasteiger partial charge in [0.15, 0.2) is 5.58 Å². The van der Waals surface area contributed by atoms with Crippen molar-refractivity contribution in [1.29, 1.82) is 0 Å². The Labute approximate surface area is 69.2 Å². The number of fused-ring (bicyclic) bond motifs is 1. The van der Waals surface area contributed by atoms with Gasteiger partial charge in [-0.25, -0.2) is 4.98 Å². The number of para-hydroxylation sites is 1. The SMILES string of the molecule is NCc1nc2cccc(N)c2o1. The maximum Gasteiger partial charge on any atom is 0.209 e. The van der Waals surface area contributed by atoms with Crippen molar-refractivity contribution in [2.24, 2.45) is 5.73 Å². The van der Waals surface area contributed by atoms with Crippen molar-refractivity contribution in [3.8, 4) is 0 Å². The molecule has 12 heavy (non-hydrogen) atoms. The Bertz CT molecular complexity index is 408. The number of rotatable bonds is 1. The molecule has 0 unspecified atom stereocenters. The summed E-state index contributed by atoms with van der Waals surface area (Å²) in [6.45, 7) is 0.300. The third-order valence-corrected chi connectivity index (χ3v) is 1.66. The molecule has 0 amide bonds. The number of aromatic nitrogens is 1. The summed E-state index contributed by atoms with van der Waals surface area (Å²) in [5.74, 6) is 0.517. The molecule has 1 aromatic carbocycles. The van der Waals surface area contributed by atoms with Crippen LogP contribution in [0.4, 0.5) is 5.69 Å². The molecular formula is C8H9N3O. The molecule has 0 atom stereocenters. The maximum absolute atomic E-state index is 5.65. The average Bonchev–Trinajstić information content (AvgIpc) is 2.49. The first-order valence-corrected chi connectivity index (χ1v) is 3.65. The van der Waals surface area contributed by atoms with Crippen LogP contribution in [0.15, 0.2) is 22.6 Å². The first-order chi connectivity index (χ1) is 5.81. The van der Waals surface area contributed by atoms with Crippen molar-refractivity contribution in [2.75, 3.05) is 5.73 Å². The van der Waals surface area contributed by atoms with Crippen LogP contribution in [0.5, 0.6) is 0 Å². The van der Waals surface area contributed by atoms with Crippen molar-refractivity contribution in [2.45, 2.75) is 6.54 Å². The van der Waals surface area contributed by atoms with Gasteiger partial charge in [0.25, 0.3) is 0 Å². The van der Waals surface area contributed by atoms with E-state index in [-0.39, 0.29) is 0 Å². The fourth-order valence-electron chi connectivity index (χ4n) is 1.10. The van der Waals surface area contributed by atoms with E-state index in [0.29, 0.717) is 23.7 Å². The van der Waals surface area contributed by atoms with Crippen molar-refractivity contribution in [1.82, 2.24) is 4.98 Å². The molecule has 0 fully saturated rings. The minimum absolute atomic E-state index is 0.300. The number of nitrogens with zero attached hydrogens (tertiary/aromatic N) is 1. The lowest BCUT2D eigenvalue weighted by Gasteiger charge is -1.89. The molecule has 0 aliphatic rings. The Balaban J connectivity index is 2.74. The van der Waals surface area contributed by atoms with Gasteiger partial charge in [0, 0.05) is 0 Å². The van der Waals surface area contributed by atoms with Gasteiger partial charge in [0.05, 0.1) is 12.2 Å². The zero-order valence-electron chi connectivity index (χ0n) is 6.45. The molecule has 0 spiro atoms. The van der Waals surface area contributed by atoms with Crippen molar-refractivity contribution >= 4 is 16.8 Å². The number of hydrogen-bond donors (Lipinski definition) is 2. The van der Waals surface area contributed by atoms with Crippen molar-refractivity contribution < 1.29 is 4.42 Å². The summed E-state index contributed by atoms with van der Waals surface area (Å²) >= 11 is 0. The summed E-state index contributed by atoms with van der Waals surface area (Å²) in [5.41, 5.74) is 13.0. The van der Waals surface area contributed by atoms with Crippen LogP contribution in [-0.4, -0.2) is 4.98 Å². The Morgan fingerprint density at radius 2 is 2.25 bits per heavy atom. The van der Waals surface area contributed by atoms with Crippen molar-refractivity contribution in [3.63, 3.8) is 0 Å². The van der Waals surface area contributed by atoms with Gasteiger partial charge in [-0.1, -0.05) is 6.07 Å². The van der Waals surface area contributed by atoms with Gasteiger partial charge in [0.2, 0.25) is 5.89 Å². The summed E-state index contributed by atoms with van der Waals surface area (Å²) in [6, 6.07) is 5.45. The Morgan fingerprint density at radius 1 is 1.42 bits per heavy atom. The molecule has 2 aromatic rings. The molecule has 1 aromatic heterocycles. The van der Waals surface area contributed by atoms with E-state index in [1.165, 1.54) is 0 Å². The van der Waals surface area contributed by atoms with Crippen LogP contribution in [0.25, 0.3) is 11.1 Å². The number of nitrogens with two attached hydrogens (primary N) is 2. The lowest BCUT2D eigenvalue weighted by Crippen LogP contribution is -1.94. The van der Waals surface area contributed by atoms with Gasteiger partial charge in [-0.2, -0.15) is 0 Å². The van der Waals surface area contributed by atoms with Crippen LogP contribution >= 0.6 is 0 Å². The quantitative estimate of drug-likeness (QED) is 0.611. The predicted molar refractivity (Wildman–Crippen MR) is 46.3 cm³/mol. The summed E-state index contributed by atoms with van der Waals surface area (Å²) in [6.07, 6.45) is 0. The summed E-state index contributed by atoms with van der Waals surface area (Å²) in [7, 11) is 0. The van der Waals surface area contributed by atoms with E-state index >= 15 is 0 Å². The molecule has 0 radical (unpaired) electrons. The van der Waals surface area contributed by atoms with E-state index in [4.69, 9.17) is 15.9 Å². The molecule has 4 nitrogen and oxygen atoms in total. The van der Waals surface area contributed by atoms with Crippen LogP contribution in [0, 0.1) is 0 Å². The molecule has 1 heterocycles. The second-order valence-corrected chi connectivity index (χ2v) is 2.51. The van der Waals surface area contributed by atoms with Crippen LogP contribution in [0.1, 0.15) is 5.89 Å². The van der Waals surface area contributed by atoms with Gasteiger partial charge >= 0.3 is 0 Å². The smallest absolute Gasteiger partial charge is 0.209 e. The third-order valence-electron chi connectivity index (χ3n) is 1.66. The fraction of sp³-hybridized carbons (Fsp3) is 0.125. The third kappa shape index (κ3) is 0.931. The molecule has 2 rings (SSSR count). The van der Waals surface area contributed by atoms with E-state index in [2.05, 4.69) is 4.98 Å². The highest BCUT2D eigenvalue weighted by molar-refractivity contribution is 5.84. The van der Waals surface area contributed by atoms with E-state index in [1.807, 2.05) is 12.1 Å². The number of nitrogen functional groups attached to an aromatic ring is 1. The molecular weight excluding hydrogens is 154 g/mol. The second kappa shape index (κ2) is 2.49. The minimum Gasteiger partial charge on any atom is -0.437 e. The van der Waals surface area contributed by atoms with Crippen LogP contribution in [0.3, 0.4) is 0 Å². The maximum atomic E-state index is 5.65. The molecule has 0 aliphatic heterocycles. The lowest BCUT2D eigenvalue weighted by atomic mass is 10.3. The molecule has 0 aliphatic carbocycles. The highest BCUT2D eigenvalue weighted by Crippen LogP contribution is 2.20. The monoisotopic (exact) mass is 163 g/mol. The highest BCUT2D eigenvalue weighted by atomic mass is 16.3. The summed E-state index contributed by atoms with van der Waals surface area (Å²) in [4.78, 5) is 4.12. The van der Waals surface area contributed by atoms with Crippen LogP contribution in [0.2, 0.25) is 0 Å². The zero-order chi connectivity index (χ0) is 8.55. The Kier molecular flexibility index (Phi) is 1.48. The number of oxazole rings is 1. The molecule has 4 N–H and O–H groups in total. The predicted octanol–water partition coefficient (Wildman–Crippen LogP) is 0.869. The van der Waals surface area contributed by atoms with Gasteiger partial charge in [-0.05, 0) is 12.1 Å². The van der Waals surface area contributed by atoms with Crippen LogP contribution in [-0.2, 0) is 6.54 Å². The lowest BCUT2D eigenvalue weighted by molar-refractivity contribution is 0.534. The molecule has 4 heteroatoms. The minimum atomic E-state index is 0.300. The average molecular weight is 163 g/mol. The van der Waals surface area contributed by atoms with Gasteiger partial charge < -0.3 is 15.9 Å². The number of hydrogen-bond acceptors (Lipinski definition) is 4. The van der Waals surface area contributed by atoms with E-state index < -0.39 is 0 Å². The van der Waals surface area contributed by atoms with E-state index in [9.17, 15) is 0 Å². The van der Waals surface area contributed by atoms with Crippen LogP contribution < -0.4 is 11.5 Å². The summed E-state index contributed by atoms with van der Waals surface area (Å²) in [5, 5.41) is 0. The zero-order valence-corrected chi connectivity index (χ0v) is 6.45. The van der Waals surface area contributed by atoms with Crippen molar-refractivity contribution in [3.05, 3.63) is 24.1 Å². The normalized spacial score (nSPS) is 10.8. The van der Waals surface area contributed by atoms with Gasteiger partial charge in [-0.3, -0.25) is 0 Å². The summed E-state index contributed by atoms with van der Waals surface area (Å²) < 4.78 is 5.29. The Hall–Kier alpha value is -1.55. The molecule has 0 bridgehead atoms. The largest absolute Gasteiger partial charge is 0.437 e. The second-order valence-electron chi connectivity index (χ2n) is 2.51. The number of benzene rings is 1. The van der Waals surface area contributed by atoms with E-state index in [1.54, 1.807) is 6.07 Å². The first kappa shape index (κ1) is 7.12. The number of anilines is 1. The highest BCUT2D eigenvalue weighted by Gasteiger charge is 2.05.